The van der Waals surface area contributed by atoms with Crippen molar-refractivity contribution >= 4 is 0 Å². The molecule has 0 radical (unpaired) electrons. The Morgan fingerprint density at radius 2 is 2.06 bits per heavy atom. The number of aliphatic hydroxyl groups excluding tert-OH is 1. The van der Waals surface area contributed by atoms with Crippen LogP contribution in [-0.2, 0) is 13.1 Å². The van der Waals surface area contributed by atoms with Gasteiger partial charge in [0.05, 0.1) is 0 Å². The van der Waals surface area contributed by atoms with Crippen molar-refractivity contribution in [2.75, 3.05) is 6.61 Å². The number of aromatic nitrogens is 1. The van der Waals surface area contributed by atoms with Gasteiger partial charge in [0, 0.05) is 31.0 Å². The largest absolute Gasteiger partial charge is 0.396 e. The first-order valence-electron chi connectivity index (χ1n) is 5.71. The standard InChI is InChI=1S/C12H20N2O2/c1-10-5-6-11(9-13)12(16)14(10)7-3-2-4-8-15/h5-6,15H,2-4,7-9,13H2,1H3. The quantitative estimate of drug-likeness (QED) is 0.702. The van der Waals surface area contributed by atoms with Crippen LogP contribution in [0.5, 0.6) is 0 Å². The zero-order valence-corrected chi connectivity index (χ0v) is 9.78. The Bertz CT molecular complexity index is 385. The molecule has 0 aliphatic carbocycles. The zero-order chi connectivity index (χ0) is 12.0. The minimum atomic E-state index is 0.0199. The molecule has 1 aromatic heterocycles. The van der Waals surface area contributed by atoms with Crippen LogP contribution in [0.2, 0.25) is 0 Å². The Kier molecular flexibility index (Phi) is 5.22. The van der Waals surface area contributed by atoms with E-state index in [0.29, 0.717) is 12.1 Å². The molecule has 0 bridgehead atoms. The predicted molar refractivity (Wildman–Crippen MR) is 64.3 cm³/mol. The maximum atomic E-state index is 11.9. The first kappa shape index (κ1) is 12.9. The molecule has 0 fully saturated rings. The van der Waals surface area contributed by atoms with Crippen LogP contribution < -0.4 is 11.3 Å². The van der Waals surface area contributed by atoms with Gasteiger partial charge in [-0.05, 0) is 32.3 Å². The fourth-order valence-corrected chi connectivity index (χ4v) is 1.71. The van der Waals surface area contributed by atoms with Crippen LogP contribution in [0, 0.1) is 6.92 Å². The van der Waals surface area contributed by atoms with Crippen LogP contribution in [0.4, 0.5) is 0 Å². The molecule has 1 heterocycles. The Balaban J connectivity index is 2.74. The number of pyridine rings is 1. The van der Waals surface area contributed by atoms with Crippen molar-refractivity contribution in [2.45, 2.75) is 39.3 Å². The summed E-state index contributed by atoms with van der Waals surface area (Å²) in [6.07, 6.45) is 2.65. The Labute approximate surface area is 95.7 Å². The summed E-state index contributed by atoms with van der Waals surface area (Å²) in [7, 11) is 0. The first-order chi connectivity index (χ1) is 7.70. The second-order valence-corrected chi connectivity index (χ2v) is 3.95. The van der Waals surface area contributed by atoms with E-state index in [1.54, 1.807) is 10.6 Å². The molecular weight excluding hydrogens is 204 g/mol. The number of aliphatic hydroxyl groups is 1. The lowest BCUT2D eigenvalue weighted by molar-refractivity contribution is 0.281. The van der Waals surface area contributed by atoms with Gasteiger partial charge in [0.2, 0.25) is 0 Å². The fraction of sp³-hybridized carbons (Fsp3) is 0.583. The van der Waals surface area contributed by atoms with Gasteiger partial charge in [-0.1, -0.05) is 6.07 Å². The van der Waals surface area contributed by atoms with Crippen molar-refractivity contribution in [1.82, 2.24) is 4.57 Å². The lowest BCUT2D eigenvalue weighted by atomic mass is 10.2. The minimum Gasteiger partial charge on any atom is -0.396 e. The summed E-state index contributed by atoms with van der Waals surface area (Å²) >= 11 is 0. The van der Waals surface area contributed by atoms with E-state index >= 15 is 0 Å². The molecule has 0 unspecified atom stereocenters. The molecular formula is C12H20N2O2. The summed E-state index contributed by atoms with van der Waals surface area (Å²) < 4.78 is 1.76. The maximum absolute atomic E-state index is 11.9. The number of nitrogens with two attached hydrogens (primary N) is 1. The predicted octanol–water partition coefficient (Wildman–Crippen LogP) is 0.778. The average molecular weight is 224 g/mol. The Morgan fingerprint density at radius 1 is 1.31 bits per heavy atom. The lowest BCUT2D eigenvalue weighted by Crippen LogP contribution is -2.26. The molecule has 1 rings (SSSR count). The van der Waals surface area contributed by atoms with Crippen LogP contribution in [0.15, 0.2) is 16.9 Å². The fourth-order valence-electron chi connectivity index (χ4n) is 1.71. The van der Waals surface area contributed by atoms with Gasteiger partial charge in [-0.25, -0.2) is 0 Å². The highest BCUT2D eigenvalue weighted by molar-refractivity contribution is 5.15. The SMILES string of the molecule is Cc1ccc(CN)c(=O)n1CCCCCO. The Hall–Kier alpha value is -1.13. The van der Waals surface area contributed by atoms with Crippen molar-refractivity contribution < 1.29 is 5.11 Å². The lowest BCUT2D eigenvalue weighted by Gasteiger charge is -2.11. The van der Waals surface area contributed by atoms with E-state index in [2.05, 4.69) is 0 Å². The van der Waals surface area contributed by atoms with E-state index in [1.165, 1.54) is 0 Å². The van der Waals surface area contributed by atoms with E-state index in [0.717, 1.165) is 25.0 Å². The van der Waals surface area contributed by atoms with Crippen molar-refractivity contribution in [3.8, 4) is 0 Å². The number of aryl methyl sites for hydroxylation is 1. The van der Waals surface area contributed by atoms with Gasteiger partial charge in [-0.3, -0.25) is 4.79 Å². The number of rotatable bonds is 6. The van der Waals surface area contributed by atoms with Gasteiger partial charge in [0.1, 0.15) is 0 Å². The number of unbranched alkanes of at least 4 members (excludes halogenated alkanes) is 2. The third-order valence-electron chi connectivity index (χ3n) is 2.73. The summed E-state index contributed by atoms with van der Waals surface area (Å²) in [6.45, 7) is 3.14. The van der Waals surface area contributed by atoms with Gasteiger partial charge in [-0.15, -0.1) is 0 Å². The molecule has 0 aromatic carbocycles. The van der Waals surface area contributed by atoms with Gasteiger partial charge in [-0.2, -0.15) is 0 Å². The molecule has 16 heavy (non-hydrogen) atoms. The topological polar surface area (TPSA) is 68.2 Å². The number of hydrogen-bond acceptors (Lipinski definition) is 3. The minimum absolute atomic E-state index is 0.0199. The first-order valence-corrected chi connectivity index (χ1v) is 5.71. The Morgan fingerprint density at radius 3 is 2.69 bits per heavy atom. The van der Waals surface area contributed by atoms with Crippen molar-refractivity contribution in [3.63, 3.8) is 0 Å². The summed E-state index contributed by atoms with van der Waals surface area (Å²) in [5.74, 6) is 0. The third kappa shape index (κ3) is 3.18. The molecule has 1 aromatic rings. The highest BCUT2D eigenvalue weighted by atomic mass is 16.2. The van der Waals surface area contributed by atoms with E-state index in [1.807, 2.05) is 13.0 Å². The van der Waals surface area contributed by atoms with Crippen molar-refractivity contribution in [2.24, 2.45) is 5.73 Å². The molecule has 4 nitrogen and oxygen atoms in total. The highest BCUT2D eigenvalue weighted by Gasteiger charge is 2.04. The van der Waals surface area contributed by atoms with E-state index in [4.69, 9.17) is 10.8 Å². The molecule has 4 heteroatoms. The van der Waals surface area contributed by atoms with Gasteiger partial charge in [0.25, 0.3) is 5.56 Å². The summed E-state index contributed by atoms with van der Waals surface area (Å²) in [5.41, 5.74) is 7.14. The molecule has 0 atom stereocenters. The average Bonchev–Trinajstić information content (AvgIpc) is 2.28. The van der Waals surface area contributed by atoms with Gasteiger partial charge in [0.15, 0.2) is 0 Å². The van der Waals surface area contributed by atoms with Crippen molar-refractivity contribution in [1.29, 1.82) is 0 Å². The van der Waals surface area contributed by atoms with Gasteiger partial charge >= 0.3 is 0 Å². The molecule has 0 aliphatic rings. The van der Waals surface area contributed by atoms with Crippen molar-refractivity contribution in [3.05, 3.63) is 33.7 Å². The zero-order valence-electron chi connectivity index (χ0n) is 9.78. The molecule has 0 spiro atoms. The monoisotopic (exact) mass is 224 g/mol. The third-order valence-corrected chi connectivity index (χ3v) is 2.73. The molecule has 0 saturated carbocycles. The number of nitrogens with zero attached hydrogens (tertiary/aromatic N) is 1. The summed E-state index contributed by atoms with van der Waals surface area (Å²) in [4.78, 5) is 11.9. The van der Waals surface area contributed by atoms with E-state index < -0.39 is 0 Å². The normalized spacial score (nSPS) is 10.7. The number of hydrogen-bond donors (Lipinski definition) is 2. The van der Waals surface area contributed by atoms with E-state index in [-0.39, 0.29) is 18.7 Å². The highest BCUT2D eigenvalue weighted by Crippen LogP contribution is 2.02. The molecule has 0 saturated heterocycles. The van der Waals surface area contributed by atoms with Crippen LogP contribution in [0.1, 0.15) is 30.5 Å². The molecule has 0 aliphatic heterocycles. The van der Waals surface area contributed by atoms with E-state index in [9.17, 15) is 4.79 Å². The smallest absolute Gasteiger partial charge is 0.255 e. The molecule has 0 amide bonds. The van der Waals surface area contributed by atoms with Gasteiger partial charge < -0.3 is 15.4 Å². The second-order valence-electron chi connectivity index (χ2n) is 3.95. The van der Waals surface area contributed by atoms with Crippen LogP contribution in [-0.4, -0.2) is 16.3 Å². The summed E-state index contributed by atoms with van der Waals surface area (Å²) in [5, 5.41) is 8.67. The second kappa shape index (κ2) is 6.45. The van der Waals surface area contributed by atoms with Crippen LogP contribution in [0.3, 0.4) is 0 Å². The molecule has 3 N–H and O–H groups in total. The molecule has 90 valence electrons. The summed E-state index contributed by atoms with van der Waals surface area (Å²) in [6, 6.07) is 3.72. The van der Waals surface area contributed by atoms with Crippen LogP contribution in [0.25, 0.3) is 0 Å². The van der Waals surface area contributed by atoms with Crippen LogP contribution >= 0.6 is 0 Å². The maximum Gasteiger partial charge on any atom is 0.255 e.